The summed E-state index contributed by atoms with van der Waals surface area (Å²) in [5.41, 5.74) is 2.74. The molecule has 0 spiro atoms. The fourth-order valence-electron chi connectivity index (χ4n) is 3.24. The molecule has 1 aliphatic carbocycles. The van der Waals surface area contributed by atoms with Crippen molar-refractivity contribution in [2.24, 2.45) is 5.92 Å². The van der Waals surface area contributed by atoms with Crippen molar-refractivity contribution in [3.05, 3.63) is 29.8 Å². The second-order valence-corrected chi connectivity index (χ2v) is 6.38. The predicted octanol–water partition coefficient (Wildman–Crippen LogP) is 4.37. The van der Waals surface area contributed by atoms with E-state index in [-0.39, 0.29) is 0 Å². The zero-order valence-corrected chi connectivity index (χ0v) is 13.4. The van der Waals surface area contributed by atoms with Crippen LogP contribution in [0.1, 0.15) is 57.1 Å². The first kappa shape index (κ1) is 15.4. The molecule has 1 saturated carbocycles. The molecule has 1 N–H and O–H groups in total. The van der Waals surface area contributed by atoms with Gasteiger partial charge < -0.3 is 10.2 Å². The summed E-state index contributed by atoms with van der Waals surface area (Å²) in [5, 5.41) is 3.75. The third-order valence-electron chi connectivity index (χ3n) is 4.50. The zero-order chi connectivity index (χ0) is 14.4. The lowest BCUT2D eigenvalue weighted by molar-refractivity contribution is 0.395. The van der Waals surface area contributed by atoms with Crippen molar-refractivity contribution < 1.29 is 0 Å². The quantitative estimate of drug-likeness (QED) is 0.794. The molecule has 1 atom stereocenters. The van der Waals surface area contributed by atoms with Crippen LogP contribution < -0.4 is 10.2 Å². The summed E-state index contributed by atoms with van der Waals surface area (Å²) >= 11 is 0. The summed E-state index contributed by atoms with van der Waals surface area (Å²) in [5.74, 6) is 0.929. The molecular formula is C18H30N2. The van der Waals surface area contributed by atoms with Gasteiger partial charge in [-0.25, -0.2) is 0 Å². The van der Waals surface area contributed by atoms with Crippen LogP contribution in [-0.2, 0) is 0 Å². The highest BCUT2D eigenvalue weighted by atomic mass is 15.1. The minimum atomic E-state index is 0.536. The minimum absolute atomic E-state index is 0.536. The summed E-state index contributed by atoms with van der Waals surface area (Å²) in [6, 6.07) is 9.62. The Balaban J connectivity index is 2.03. The fourth-order valence-corrected chi connectivity index (χ4v) is 3.24. The summed E-state index contributed by atoms with van der Waals surface area (Å²) < 4.78 is 0. The highest BCUT2D eigenvalue weighted by Crippen LogP contribution is 2.33. The topological polar surface area (TPSA) is 15.3 Å². The van der Waals surface area contributed by atoms with Gasteiger partial charge in [-0.15, -0.1) is 0 Å². The maximum atomic E-state index is 3.75. The van der Waals surface area contributed by atoms with Crippen molar-refractivity contribution in [3.8, 4) is 0 Å². The lowest BCUT2D eigenvalue weighted by Gasteiger charge is -2.23. The maximum Gasteiger partial charge on any atom is 0.0361 e. The summed E-state index contributed by atoms with van der Waals surface area (Å²) in [6.45, 7) is 3.36. The van der Waals surface area contributed by atoms with Gasteiger partial charge in [0.05, 0.1) is 0 Å². The van der Waals surface area contributed by atoms with Gasteiger partial charge in [-0.3, -0.25) is 0 Å². The summed E-state index contributed by atoms with van der Waals surface area (Å²) in [4.78, 5) is 2.16. The number of hydrogen-bond donors (Lipinski definition) is 1. The lowest BCUT2D eigenvalue weighted by Crippen LogP contribution is -2.24. The largest absolute Gasteiger partial charge is 0.378 e. The van der Waals surface area contributed by atoms with Gasteiger partial charge in [0.25, 0.3) is 0 Å². The number of nitrogens with zero attached hydrogens (tertiary/aromatic N) is 1. The molecule has 112 valence electrons. The number of nitrogens with one attached hydrogen (secondary N) is 1. The van der Waals surface area contributed by atoms with Gasteiger partial charge in [0.2, 0.25) is 0 Å². The first-order chi connectivity index (χ1) is 9.70. The highest BCUT2D eigenvalue weighted by molar-refractivity contribution is 5.46. The molecule has 1 aromatic carbocycles. The maximum absolute atomic E-state index is 3.75. The Kier molecular flexibility index (Phi) is 5.90. The molecule has 0 heterocycles. The summed E-state index contributed by atoms with van der Waals surface area (Å²) in [6.07, 6.45) is 8.24. The van der Waals surface area contributed by atoms with Crippen LogP contribution >= 0.6 is 0 Å². The van der Waals surface area contributed by atoms with Crippen molar-refractivity contribution in [3.63, 3.8) is 0 Å². The first-order valence-electron chi connectivity index (χ1n) is 8.21. The van der Waals surface area contributed by atoms with Crippen LogP contribution in [0.4, 0.5) is 5.69 Å². The van der Waals surface area contributed by atoms with Crippen LogP contribution in [0.3, 0.4) is 0 Å². The Bertz CT molecular complexity index is 377. The Morgan fingerprint density at radius 2 is 1.80 bits per heavy atom. The van der Waals surface area contributed by atoms with Crippen molar-refractivity contribution >= 4 is 5.69 Å². The van der Waals surface area contributed by atoms with Crippen LogP contribution in [0.15, 0.2) is 24.3 Å². The molecule has 1 aliphatic rings. The molecule has 0 bridgehead atoms. The van der Waals surface area contributed by atoms with Gasteiger partial charge in [-0.1, -0.05) is 44.7 Å². The predicted molar refractivity (Wildman–Crippen MR) is 88.4 cm³/mol. The Hall–Kier alpha value is -1.02. The molecule has 1 fully saturated rings. The van der Waals surface area contributed by atoms with Crippen molar-refractivity contribution in [1.29, 1.82) is 0 Å². The van der Waals surface area contributed by atoms with E-state index in [0.717, 1.165) is 12.5 Å². The molecule has 0 amide bonds. The van der Waals surface area contributed by atoms with E-state index in [2.05, 4.69) is 55.5 Å². The molecule has 0 aromatic heterocycles. The van der Waals surface area contributed by atoms with Crippen LogP contribution in [0.25, 0.3) is 0 Å². The van der Waals surface area contributed by atoms with Crippen LogP contribution in [-0.4, -0.2) is 20.6 Å². The third kappa shape index (κ3) is 4.24. The number of anilines is 1. The second-order valence-electron chi connectivity index (χ2n) is 6.38. The Labute approximate surface area is 124 Å². The van der Waals surface area contributed by atoms with E-state index in [4.69, 9.17) is 0 Å². The Morgan fingerprint density at radius 3 is 2.35 bits per heavy atom. The third-order valence-corrected chi connectivity index (χ3v) is 4.50. The number of hydrogen-bond acceptors (Lipinski definition) is 2. The smallest absolute Gasteiger partial charge is 0.0361 e. The van der Waals surface area contributed by atoms with Crippen LogP contribution in [0.5, 0.6) is 0 Å². The van der Waals surface area contributed by atoms with Gasteiger partial charge in [0.1, 0.15) is 0 Å². The van der Waals surface area contributed by atoms with E-state index in [1.54, 1.807) is 0 Å². The standard InChI is InChI=1S/C18H30N2/c1-4-13-19-18(14-15-7-5-6-8-15)16-9-11-17(12-10-16)20(2)3/h9-12,15,18-19H,4-8,13-14H2,1-3H3. The van der Waals surface area contributed by atoms with Crippen molar-refractivity contribution in [2.45, 2.75) is 51.5 Å². The van der Waals surface area contributed by atoms with E-state index < -0.39 is 0 Å². The van der Waals surface area contributed by atoms with Gasteiger partial charge in [0, 0.05) is 25.8 Å². The number of rotatable bonds is 7. The molecule has 1 aromatic rings. The molecule has 0 radical (unpaired) electrons. The molecular weight excluding hydrogens is 244 g/mol. The lowest BCUT2D eigenvalue weighted by atomic mass is 9.93. The molecule has 0 saturated heterocycles. The van der Waals surface area contributed by atoms with Crippen LogP contribution in [0.2, 0.25) is 0 Å². The van der Waals surface area contributed by atoms with Crippen molar-refractivity contribution in [1.82, 2.24) is 5.32 Å². The highest BCUT2D eigenvalue weighted by Gasteiger charge is 2.20. The van der Waals surface area contributed by atoms with E-state index in [0.29, 0.717) is 6.04 Å². The molecule has 2 heteroatoms. The van der Waals surface area contributed by atoms with Gasteiger partial charge in [-0.05, 0) is 43.0 Å². The summed E-state index contributed by atoms with van der Waals surface area (Å²) in [7, 11) is 4.20. The average Bonchev–Trinajstić information content (AvgIpc) is 2.96. The first-order valence-corrected chi connectivity index (χ1v) is 8.21. The Morgan fingerprint density at radius 1 is 1.15 bits per heavy atom. The molecule has 20 heavy (non-hydrogen) atoms. The van der Waals surface area contributed by atoms with E-state index in [1.807, 2.05) is 0 Å². The van der Waals surface area contributed by atoms with Gasteiger partial charge in [-0.2, -0.15) is 0 Å². The zero-order valence-electron chi connectivity index (χ0n) is 13.4. The van der Waals surface area contributed by atoms with Crippen LogP contribution in [0, 0.1) is 5.92 Å². The van der Waals surface area contributed by atoms with E-state index in [9.17, 15) is 0 Å². The fraction of sp³-hybridized carbons (Fsp3) is 0.667. The second kappa shape index (κ2) is 7.68. The monoisotopic (exact) mass is 274 g/mol. The SMILES string of the molecule is CCCNC(CC1CCCC1)c1ccc(N(C)C)cc1. The van der Waals surface area contributed by atoms with Gasteiger partial charge >= 0.3 is 0 Å². The number of benzene rings is 1. The van der Waals surface area contributed by atoms with E-state index in [1.165, 1.54) is 49.8 Å². The van der Waals surface area contributed by atoms with E-state index >= 15 is 0 Å². The molecule has 2 rings (SSSR count). The minimum Gasteiger partial charge on any atom is -0.378 e. The van der Waals surface area contributed by atoms with Gasteiger partial charge in [0.15, 0.2) is 0 Å². The normalized spacial score (nSPS) is 17.4. The average molecular weight is 274 g/mol. The molecule has 2 nitrogen and oxygen atoms in total. The molecule has 1 unspecified atom stereocenters. The van der Waals surface area contributed by atoms with Crippen molar-refractivity contribution in [2.75, 3.05) is 25.5 Å². The molecule has 0 aliphatic heterocycles.